The summed E-state index contributed by atoms with van der Waals surface area (Å²) in [4.78, 5) is 2.53. The smallest absolute Gasteiger partial charge is 0.0318 e. The Bertz CT molecular complexity index is 610. The van der Waals surface area contributed by atoms with E-state index in [0.717, 1.165) is 4.47 Å². The Labute approximate surface area is 134 Å². The molecule has 0 radical (unpaired) electrons. The minimum absolute atomic E-state index is 0.368. The number of rotatable bonds is 4. The molecule has 0 fully saturated rings. The van der Waals surface area contributed by atoms with Crippen LogP contribution in [-0.4, -0.2) is 7.05 Å². The van der Waals surface area contributed by atoms with Crippen molar-refractivity contribution in [2.24, 2.45) is 0 Å². The van der Waals surface area contributed by atoms with Crippen molar-refractivity contribution in [3.8, 4) is 0 Å². The van der Waals surface area contributed by atoms with Gasteiger partial charge in [-0.1, -0.05) is 23.9 Å². The van der Waals surface area contributed by atoms with Crippen LogP contribution in [0.2, 0.25) is 0 Å². The summed E-state index contributed by atoms with van der Waals surface area (Å²) >= 11 is 5.48. The van der Waals surface area contributed by atoms with Gasteiger partial charge in [0.1, 0.15) is 0 Å². The summed E-state index contributed by atoms with van der Waals surface area (Å²) in [6, 6.07) is 13.6. The van der Waals surface area contributed by atoms with Crippen molar-refractivity contribution in [1.29, 1.82) is 0 Å². The quantitative estimate of drug-likeness (QED) is 0.782. The van der Waals surface area contributed by atoms with Gasteiger partial charge < -0.3 is 5.32 Å². The summed E-state index contributed by atoms with van der Waals surface area (Å²) in [7, 11) is 1.98. The highest BCUT2D eigenvalue weighted by Crippen LogP contribution is 2.35. The number of aryl methyl sites for hydroxylation is 2. The molecule has 0 amide bonds. The molecule has 0 aromatic heterocycles. The second-order valence-corrected chi connectivity index (χ2v) is 7.02. The Hall–Kier alpha value is -0.770. The Morgan fingerprint density at radius 2 is 1.80 bits per heavy atom. The summed E-state index contributed by atoms with van der Waals surface area (Å²) in [6.07, 6.45) is 0. The lowest BCUT2D eigenvalue weighted by Gasteiger charge is -2.13. The molecule has 1 atom stereocenters. The van der Waals surface area contributed by atoms with Gasteiger partial charge >= 0.3 is 0 Å². The Kier molecular flexibility index (Phi) is 5.30. The van der Waals surface area contributed by atoms with Crippen LogP contribution in [0.5, 0.6) is 0 Å². The van der Waals surface area contributed by atoms with Crippen molar-refractivity contribution in [3.63, 3.8) is 0 Å². The lowest BCUT2D eigenvalue weighted by molar-refractivity contribution is 0.651. The SMILES string of the molecule is CNC(C)c1ccc(Sc2ccc(C)c(C)c2)c(Br)c1. The van der Waals surface area contributed by atoms with Crippen molar-refractivity contribution in [1.82, 2.24) is 5.32 Å². The van der Waals surface area contributed by atoms with Gasteiger partial charge in [-0.2, -0.15) is 0 Å². The standard InChI is InChI=1S/C17H20BrNS/c1-11-5-7-15(9-12(11)2)20-17-8-6-14(10-16(17)18)13(3)19-4/h5-10,13,19H,1-4H3. The molecule has 1 N–H and O–H groups in total. The largest absolute Gasteiger partial charge is 0.313 e. The normalized spacial score (nSPS) is 12.4. The molecule has 3 heteroatoms. The first-order valence-electron chi connectivity index (χ1n) is 6.73. The van der Waals surface area contributed by atoms with Crippen molar-refractivity contribution < 1.29 is 0 Å². The molecule has 20 heavy (non-hydrogen) atoms. The lowest BCUT2D eigenvalue weighted by atomic mass is 10.1. The Morgan fingerprint density at radius 3 is 2.40 bits per heavy atom. The molecule has 2 aromatic carbocycles. The maximum absolute atomic E-state index is 3.69. The molecule has 0 bridgehead atoms. The van der Waals surface area contributed by atoms with E-state index in [4.69, 9.17) is 0 Å². The van der Waals surface area contributed by atoms with Crippen LogP contribution >= 0.6 is 27.7 Å². The van der Waals surface area contributed by atoms with Gasteiger partial charge in [0.05, 0.1) is 0 Å². The summed E-state index contributed by atoms with van der Waals surface area (Å²) in [5.74, 6) is 0. The molecule has 2 aromatic rings. The summed E-state index contributed by atoms with van der Waals surface area (Å²) in [5.41, 5.74) is 3.97. The number of hydrogen-bond acceptors (Lipinski definition) is 2. The first-order chi connectivity index (χ1) is 9.51. The Balaban J connectivity index is 2.23. The fourth-order valence-corrected chi connectivity index (χ4v) is 3.50. The highest BCUT2D eigenvalue weighted by Gasteiger charge is 2.08. The molecular weight excluding hydrogens is 330 g/mol. The van der Waals surface area contributed by atoms with Crippen LogP contribution in [-0.2, 0) is 0 Å². The first-order valence-corrected chi connectivity index (χ1v) is 8.34. The van der Waals surface area contributed by atoms with Crippen molar-refractivity contribution in [2.75, 3.05) is 7.05 Å². The van der Waals surface area contributed by atoms with E-state index in [-0.39, 0.29) is 0 Å². The van der Waals surface area contributed by atoms with Crippen molar-refractivity contribution in [2.45, 2.75) is 36.6 Å². The van der Waals surface area contributed by atoms with Crippen LogP contribution in [0.4, 0.5) is 0 Å². The molecule has 0 heterocycles. The van der Waals surface area contributed by atoms with Crippen molar-refractivity contribution >= 4 is 27.7 Å². The predicted octanol–water partition coefficient (Wildman–Crippen LogP) is 5.50. The molecule has 0 aliphatic heterocycles. The molecule has 0 saturated carbocycles. The van der Waals surface area contributed by atoms with E-state index in [1.807, 2.05) is 7.05 Å². The topological polar surface area (TPSA) is 12.0 Å². The van der Waals surface area contributed by atoms with Crippen LogP contribution in [0, 0.1) is 13.8 Å². The van der Waals surface area contributed by atoms with E-state index in [9.17, 15) is 0 Å². The van der Waals surface area contributed by atoms with E-state index >= 15 is 0 Å². The number of nitrogens with one attached hydrogen (secondary N) is 1. The molecule has 1 unspecified atom stereocenters. The molecule has 0 aliphatic carbocycles. The van der Waals surface area contributed by atoms with Crippen LogP contribution in [0.25, 0.3) is 0 Å². The van der Waals surface area contributed by atoms with Gasteiger partial charge in [0.25, 0.3) is 0 Å². The maximum atomic E-state index is 3.69. The Morgan fingerprint density at radius 1 is 1.05 bits per heavy atom. The molecule has 0 aliphatic rings. The van der Waals surface area contributed by atoms with Gasteiger partial charge in [-0.25, -0.2) is 0 Å². The van der Waals surface area contributed by atoms with E-state index in [0.29, 0.717) is 6.04 Å². The third-order valence-electron chi connectivity index (χ3n) is 3.60. The summed E-state index contributed by atoms with van der Waals surface area (Å²) < 4.78 is 1.15. The van der Waals surface area contributed by atoms with Crippen LogP contribution < -0.4 is 5.32 Å². The van der Waals surface area contributed by atoms with E-state index < -0.39 is 0 Å². The van der Waals surface area contributed by atoms with Gasteiger partial charge in [-0.3, -0.25) is 0 Å². The zero-order chi connectivity index (χ0) is 14.7. The van der Waals surface area contributed by atoms with Crippen LogP contribution in [0.1, 0.15) is 29.7 Å². The fraction of sp³-hybridized carbons (Fsp3) is 0.294. The summed E-state index contributed by atoms with van der Waals surface area (Å²) in [6.45, 7) is 6.47. The monoisotopic (exact) mass is 349 g/mol. The third-order valence-corrected chi connectivity index (χ3v) is 5.58. The van der Waals surface area contributed by atoms with Gasteiger partial charge in [0, 0.05) is 20.3 Å². The molecular formula is C17H20BrNS. The average molecular weight is 350 g/mol. The van der Waals surface area contributed by atoms with Gasteiger partial charge in [0.15, 0.2) is 0 Å². The number of halogens is 1. The number of benzene rings is 2. The highest BCUT2D eigenvalue weighted by atomic mass is 79.9. The molecule has 0 spiro atoms. The second-order valence-electron chi connectivity index (χ2n) is 5.05. The average Bonchev–Trinajstić information content (AvgIpc) is 2.44. The molecule has 106 valence electrons. The molecule has 2 rings (SSSR count). The summed E-state index contributed by atoms with van der Waals surface area (Å²) in [5, 5.41) is 3.26. The van der Waals surface area contributed by atoms with Gasteiger partial charge in [-0.05, 0) is 84.7 Å². The third kappa shape index (κ3) is 3.66. The van der Waals surface area contributed by atoms with E-state index in [2.05, 4.69) is 78.4 Å². The predicted molar refractivity (Wildman–Crippen MR) is 91.7 cm³/mol. The number of hydrogen-bond donors (Lipinski definition) is 1. The van der Waals surface area contributed by atoms with Crippen molar-refractivity contribution in [3.05, 3.63) is 57.6 Å². The highest BCUT2D eigenvalue weighted by molar-refractivity contribution is 9.10. The van der Waals surface area contributed by atoms with Gasteiger partial charge in [-0.15, -0.1) is 0 Å². The molecule has 1 nitrogen and oxygen atoms in total. The van der Waals surface area contributed by atoms with Crippen LogP contribution in [0.3, 0.4) is 0 Å². The second kappa shape index (κ2) is 6.79. The zero-order valence-electron chi connectivity index (χ0n) is 12.3. The minimum atomic E-state index is 0.368. The van der Waals surface area contributed by atoms with E-state index in [1.54, 1.807) is 11.8 Å². The zero-order valence-corrected chi connectivity index (χ0v) is 14.7. The molecule has 0 saturated heterocycles. The van der Waals surface area contributed by atoms with Crippen LogP contribution in [0.15, 0.2) is 50.7 Å². The van der Waals surface area contributed by atoms with E-state index in [1.165, 1.54) is 26.5 Å². The van der Waals surface area contributed by atoms with Gasteiger partial charge in [0.2, 0.25) is 0 Å². The maximum Gasteiger partial charge on any atom is 0.0318 e. The lowest BCUT2D eigenvalue weighted by Crippen LogP contribution is -2.12. The fourth-order valence-electron chi connectivity index (χ4n) is 1.94. The minimum Gasteiger partial charge on any atom is -0.313 e. The first kappa shape index (κ1) is 15.6.